The van der Waals surface area contributed by atoms with Gasteiger partial charge in [-0.25, -0.2) is 9.50 Å². The van der Waals surface area contributed by atoms with Crippen LogP contribution in [0.1, 0.15) is 80.3 Å². The number of nitrogens with one attached hydrogen (secondary N) is 2. The summed E-state index contributed by atoms with van der Waals surface area (Å²) in [6.07, 6.45) is 9.04. The summed E-state index contributed by atoms with van der Waals surface area (Å²) in [5, 5.41) is 25.1. The summed E-state index contributed by atoms with van der Waals surface area (Å²) in [6, 6.07) is 5.08. The molecule has 5 heterocycles. The summed E-state index contributed by atoms with van der Waals surface area (Å²) < 4.78 is 3.32. The first-order valence-electron chi connectivity index (χ1n) is 14.0. The fourth-order valence-corrected chi connectivity index (χ4v) is 6.72. The number of aromatic nitrogens is 5. The number of fused-ring (bicyclic) bond motifs is 3. The topological polar surface area (TPSA) is 144 Å². The van der Waals surface area contributed by atoms with E-state index in [-0.39, 0.29) is 36.2 Å². The molecule has 3 aromatic heterocycles. The number of carboxylic acids is 1. The van der Waals surface area contributed by atoms with Crippen molar-refractivity contribution in [3.05, 3.63) is 47.7 Å². The van der Waals surface area contributed by atoms with Crippen LogP contribution in [0.2, 0.25) is 0 Å². The average molecular weight is 534 g/mol. The number of hydrogen-bond acceptors (Lipinski definition) is 6. The number of amides is 2. The molecule has 4 fully saturated rings. The average Bonchev–Trinajstić information content (AvgIpc) is 3.55. The van der Waals surface area contributed by atoms with Crippen LogP contribution in [-0.4, -0.2) is 53.3 Å². The summed E-state index contributed by atoms with van der Waals surface area (Å²) in [6.45, 7) is 4.81. The fraction of sp³-hybridized carbons (Fsp3) is 0.571. The van der Waals surface area contributed by atoms with Gasteiger partial charge >= 0.3 is 5.97 Å². The van der Waals surface area contributed by atoms with Crippen molar-refractivity contribution in [1.82, 2.24) is 35.0 Å². The largest absolute Gasteiger partial charge is 0.480 e. The van der Waals surface area contributed by atoms with E-state index in [1.54, 1.807) is 33.6 Å². The Morgan fingerprint density at radius 2 is 1.97 bits per heavy atom. The summed E-state index contributed by atoms with van der Waals surface area (Å²) in [5.74, 6) is -0.994. The van der Waals surface area contributed by atoms with Crippen LogP contribution in [0.4, 0.5) is 0 Å². The zero-order valence-electron chi connectivity index (χ0n) is 22.3. The fourth-order valence-electron chi connectivity index (χ4n) is 6.72. The van der Waals surface area contributed by atoms with Gasteiger partial charge in [-0.05, 0) is 68.6 Å². The highest BCUT2D eigenvalue weighted by atomic mass is 16.4. The predicted molar refractivity (Wildman–Crippen MR) is 141 cm³/mol. The number of nitrogens with zero attached hydrogens (tertiary/aromatic N) is 5. The molecule has 2 saturated carbocycles. The van der Waals surface area contributed by atoms with E-state index in [0.29, 0.717) is 42.3 Å². The molecule has 39 heavy (non-hydrogen) atoms. The third-order valence-corrected chi connectivity index (χ3v) is 9.20. The van der Waals surface area contributed by atoms with Crippen LogP contribution in [0, 0.1) is 23.2 Å². The Bertz CT molecular complexity index is 1420. The molecule has 2 aliphatic carbocycles. The van der Waals surface area contributed by atoms with Gasteiger partial charge < -0.3 is 15.7 Å². The van der Waals surface area contributed by atoms with Crippen LogP contribution >= 0.6 is 0 Å². The number of carbonyl (C=O) groups is 3. The molecule has 2 bridgehead atoms. The van der Waals surface area contributed by atoms with Crippen LogP contribution < -0.4 is 10.6 Å². The number of piperidine rings is 2. The molecule has 3 N–H and O–H groups in total. The second-order valence-electron chi connectivity index (χ2n) is 11.6. The van der Waals surface area contributed by atoms with Gasteiger partial charge in [-0.3, -0.25) is 19.1 Å². The number of carbonyl (C=O) groups excluding carboxylic acids is 2. The molecule has 7 rings (SSSR count). The maximum Gasteiger partial charge on any atom is 0.319 e. The number of aryl methyl sites for hydroxylation is 1. The van der Waals surface area contributed by atoms with Crippen LogP contribution in [0.3, 0.4) is 0 Å². The van der Waals surface area contributed by atoms with Crippen molar-refractivity contribution in [3.8, 4) is 0 Å². The lowest BCUT2D eigenvalue weighted by Crippen LogP contribution is -2.67. The molecule has 3 aromatic rings. The first-order chi connectivity index (χ1) is 18.8. The van der Waals surface area contributed by atoms with Gasteiger partial charge in [-0.15, -0.1) is 0 Å². The van der Waals surface area contributed by atoms with Crippen molar-refractivity contribution in [3.63, 3.8) is 0 Å². The molecule has 0 spiro atoms. The summed E-state index contributed by atoms with van der Waals surface area (Å²) in [5.41, 5.74) is 0.862. The molecular weight excluding hydrogens is 498 g/mol. The predicted octanol–water partition coefficient (Wildman–Crippen LogP) is 2.76. The van der Waals surface area contributed by atoms with E-state index in [2.05, 4.69) is 27.8 Å². The molecule has 0 radical (unpaired) electrons. The number of rotatable bonds is 8. The SMILES string of the molecule is CCn1nccc1C(=O)N[C@H](c1cn2nc(CC3(C(=O)O)C(=O)NC4CC3C4)ccc2n1)C1CCC(C)CC1. The minimum atomic E-state index is -1.50. The van der Waals surface area contributed by atoms with E-state index in [1.165, 1.54) is 0 Å². The Labute approximate surface area is 226 Å². The van der Waals surface area contributed by atoms with Gasteiger partial charge in [0.2, 0.25) is 5.91 Å². The highest BCUT2D eigenvalue weighted by Gasteiger charge is 2.61. The quantitative estimate of drug-likeness (QED) is 0.378. The lowest BCUT2D eigenvalue weighted by atomic mass is 9.57. The monoisotopic (exact) mass is 533 g/mol. The van der Waals surface area contributed by atoms with Gasteiger partial charge in [0.25, 0.3) is 5.91 Å². The zero-order valence-corrected chi connectivity index (χ0v) is 22.3. The molecule has 11 nitrogen and oxygen atoms in total. The first-order valence-corrected chi connectivity index (χ1v) is 14.0. The Kier molecular flexibility index (Phi) is 6.39. The van der Waals surface area contributed by atoms with E-state index in [4.69, 9.17) is 4.98 Å². The third kappa shape index (κ3) is 4.37. The van der Waals surface area contributed by atoms with Crippen molar-refractivity contribution in [2.45, 2.75) is 77.4 Å². The van der Waals surface area contributed by atoms with E-state index in [1.807, 2.05) is 13.1 Å². The van der Waals surface area contributed by atoms with Crippen LogP contribution in [0.15, 0.2) is 30.6 Å². The maximum absolute atomic E-state index is 13.3. The van der Waals surface area contributed by atoms with Gasteiger partial charge in [0.15, 0.2) is 11.1 Å². The van der Waals surface area contributed by atoms with Gasteiger partial charge in [-0.1, -0.05) is 19.8 Å². The second-order valence-corrected chi connectivity index (χ2v) is 11.6. The third-order valence-electron chi connectivity index (χ3n) is 9.20. The summed E-state index contributed by atoms with van der Waals surface area (Å²) >= 11 is 0. The molecule has 1 unspecified atom stereocenters. The van der Waals surface area contributed by atoms with E-state index in [9.17, 15) is 19.5 Å². The van der Waals surface area contributed by atoms with Crippen molar-refractivity contribution < 1.29 is 19.5 Å². The highest BCUT2D eigenvalue weighted by Crippen LogP contribution is 2.49. The number of aliphatic carboxylic acids is 1. The Hall–Kier alpha value is -3.76. The lowest BCUT2D eigenvalue weighted by Gasteiger charge is -2.51. The molecule has 2 amide bonds. The van der Waals surface area contributed by atoms with Crippen molar-refractivity contribution in [2.24, 2.45) is 23.2 Å². The number of imidazole rings is 1. The van der Waals surface area contributed by atoms with E-state index >= 15 is 0 Å². The zero-order chi connectivity index (χ0) is 27.3. The molecule has 0 aromatic carbocycles. The molecule has 206 valence electrons. The van der Waals surface area contributed by atoms with E-state index < -0.39 is 17.3 Å². The normalized spacial score (nSPS) is 28.9. The Morgan fingerprint density at radius 3 is 2.67 bits per heavy atom. The summed E-state index contributed by atoms with van der Waals surface area (Å²) in [7, 11) is 0. The number of hydrogen-bond donors (Lipinski definition) is 3. The minimum Gasteiger partial charge on any atom is -0.480 e. The van der Waals surface area contributed by atoms with Crippen LogP contribution in [-0.2, 0) is 22.6 Å². The van der Waals surface area contributed by atoms with E-state index in [0.717, 1.165) is 31.4 Å². The highest BCUT2D eigenvalue weighted by molar-refractivity contribution is 6.04. The molecular formula is C28H35N7O4. The van der Waals surface area contributed by atoms with Gasteiger partial charge in [0, 0.05) is 25.2 Å². The van der Waals surface area contributed by atoms with Crippen LogP contribution in [0.25, 0.3) is 5.65 Å². The number of carboxylic acid groups (broad SMARTS) is 1. The maximum atomic E-state index is 13.3. The molecule has 4 aliphatic rings. The van der Waals surface area contributed by atoms with Crippen molar-refractivity contribution >= 4 is 23.4 Å². The first kappa shape index (κ1) is 25.5. The molecule has 11 heteroatoms. The molecule has 2 saturated heterocycles. The van der Waals surface area contributed by atoms with Gasteiger partial charge in [0.05, 0.1) is 23.6 Å². The standard InChI is InChI=1S/C28H35N7O4/c1-3-34-22(10-11-29-34)25(36)32-24(17-6-4-16(2)5-7-17)21-15-35-23(31-21)9-8-19(33-35)14-28(27(38)39)18-12-20(13-18)30-26(28)37/h8-11,15-18,20,24H,3-7,12-14H2,1-2H3,(H,30,37)(H,32,36)(H,38,39)/t16?,17?,18?,20?,24-,28?/m0/s1. The Balaban J connectivity index is 1.30. The minimum absolute atomic E-state index is 0.0245. The molecule has 2 atom stereocenters. The Morgan fingerprint density at radius 1 is 1.21 bits per heavy atom. The lowest BCUT2D eigenvalue weighted by molar-refractivity contribution is -0.170. The van der Waals surface area contributed by atoms with Gasteiger partial charge in [-0.2, -0.15) is 10.2 Å². The van der Waals surface area contributed by atoms with Crippen LogP contribution in [0.5, 0.6) is 0 Å². The van der Waals surface area contributed by atoms with Crippen molar-refractivity contribution in [1.29, 1.82) is 0 Å². The van der Waals surface area contributed by atoms with Crippen molar-refractivity contribution in [2.75, 3.05) is 0 Å². The van der Waals surface area contributed by atoms with Gasteiger partial charge in [0.1, 0.15) is 5.69 Å². The second kappa shape index (κ2) is 9.77. The summed E-state index contributed by atoms with van der Waals surface area (Å²) in [4.78, 5) is 43.3. The smallest absolute Gasteiger partial charge is 0.319 e. The molecule has 2 aliphatic heterocycles.